The number of halogens is 2. The molecule has 1 aromatic rings. The van der Waals surface area contributed by atoms with Gasteiger partial charge in [0.05, 0.1) is 24.3 Å². The van der Waals surface area contributed by atoms with Crippen LogP contribution in [0.1, 0.15) is 28.0 Å². The maximum Gasteiger partial charge on any atom is 0.354 e. The number of hydrogen-bond acceptors (Lipinski definition) is 4. The van der Waals surface area contributed by atoms with Gasteiger partial charge >= 0.3 is 5.97 Å². The first-order chi connectivity index (χ1) is 7.51. The van der Waals surface area contributed by atoms with Gasteiger partial charge in [0.15, 0.2) is 5.69 Å². The molecular formula is C9H6F2N2O3. The average molecular weight is 228 g/mol. The summed E-state index contributed by atoms with van der Waals surface area (Å²) in [5, 5.41) is 17.3. The maximum absolute atomic E-state index is 12.6. The van der Waals surface area contributed by atoms with E-state index in [9.17, 15) is 13.6 Å². The Morgan fingerprint density at radius 2 is 2.31 bits per heavy atom. The van der Waals surface area contributed by atoms with Gasteiger partial charge in [-0.15, -0.1) is 0 Å². The van der Waals surface area contributed by atoms with Crippen molar-refractivity contribution in [2.75, 3.05) is 7.11 Å². The summed E-state index contributed by atoms with van der Waals surface area (Å²) in [6.07, 6.45) is -2.96. The molecule has 0 aliphatic heterocycles. The molecule has 0 amide bonds. The van der Waals surface area contributed by atoms with Gasteiger partial charge in [-0.1, -0.05) is 0 Å². The number of pyridine rings is 1. The Morgan fingerprint density at radius 3 is 2.69 bits per heavy atom. The van der Waals surface area contributed by atoms with Gasteiger partial charge in [-0.2, -0.15) is 5.26 Å². The van der Waals surface area contributed by atoms with Gasteiger partial charge in [0.2, 0.25) is 5.88 Å². The highest BCUT2D eigenvalue weighted by Crippen LogP contribution is 2.30. The summed E-state index contributed by atoms with van der Waals surface area (Å²) >= 11 is 0. The van der Waals surface area contributed by atoms with Crippen LogP contribution in [-0.4, -0.2) is 23.2 Å². The lowest BCUT2D eigenvalue weighted by Gasteiger charge is -2.09. The fourth-order valence-electron chi connectivity index (χ4n) is 1.10. The second kappa shape index (κ2) is 4.53. The quantitative estimate of drug-likeness (QED) is 0.849. The zero-order chi connectivity index (χ0) is 12.3. The van der Waals surface area contributed by atoms with Gasteiger partial charge in [-0.3, -0.25) is 0 Å². The zero-order valence-corrected chi connectivity index (χ0v) is 8.07. The number of hydrogen-bond donors (Lipinski definition) is 1. The Hall–Kier alpha value is -2.23. The third-order valence-electron chi connectivity index (χ3n) is 1.77. The SMILES string of the molecule is COc1nc(C(=O)O)cc(C#N)c1C(F)F. The molecule has 1 aromatic heterocycles. The van der Waals surface area contributed by atoms with Crippen molar-refractivity contribution in [1.82, 2.24) is 4.98 Å². The van der Waals surface area contributed by atoms with Gasteiger partial charge in [-0.05, 0) is 6.07 Å². The van der Waals surface area contributed by atoms with Gasteiger partial charge in [0, 0.05) is 0 Å². The Kier molecular flexibility index (Phi) is 3.35. The second-order valence-corrected chi connectivity index (χ2v) is 2.70. The number of alkyl halides is 2. The standard InChI is InChI=1S/C9H6F2N2O3/c1-16-8-6(7(10)11)4(3-12)2-5(13-8)9(14)15/h2,7H,1H3,(H,14,15). The number of carbonyl (C=O) groups is 1. The highest BCUT2D eigenvalue weighted by atomic mass is 19.3. The molecule has 0 radical (unpaired) electrons. The first-order valence-corrected chi connectivity index (χ1v) is 4.01. The van der Waals surface area contributed by atoms with Crippen LogP contribution in [0.2, 0.25) is 0 Å². The molecule has 0 saturated heterocycles. The van der Waals surface area contributed by atoms with E-state index in [1.807, 2.05) is 0 Å². The van der Waals surface area contributed by atoms with Crippen molar-refractivity contribution in [2.45, 2.75) is 6.43 Å². The molecule has 0 aliphatic rings. The van der Waals surface area contributed by atoms with E-state index >= 15 is 0 Å². The molecule has 0 spiro atoms. The van der Waals surface area contributed by atoms with Crippen molar-refractivity contribution in [1.29, 1.82) is 5.26 Å². The number of nitrogens with zero attached hydrogens (tertiary/aromatic N) is 2. The maximum atomic E-state index is 12.6. The molecule has 0 aromatic carbocycles. The number of carboxylic acid groups (broad SMARTS) is 1. The minimum Gasteiger partial charge on any atom is -0.481 e. The minimum atomic E-state index is -2.96. The van der Waals surface area contributed by atoms with E-state index in [2.05, 4.69) is 9.72 Å². The van der Waals surface area contributed by atoms with Crippen LogP contribution >= 0.6 is 0 Å². The zero-order valence-electron chi connectivity index (χ0n) is 8.07. The van der Waals surface area contributed by atoms with E-state index in [0.717, 1.165) is 13.2 Å². The lowest BCUT2D eigenvalue weighted by atomic mass is 10.1. The third-order valence-corrected chi connectivity index (χ3v) is 1.77. The van der Waals surface area contributed by atoms with E-state index in [1.54, 1.807) is 0 Å². The van der Waals surface area contributed by atoms with Crippen molar-refractivity contribution in [3.05, 3.63) is 22.9 Å². The number of aromatic nitrogens is 1. The number of ether oxygens (including phenoxy) is 1. The molecule has 0 atom stereocenters. The third kappa shape index (κ3) is 2.06. The molecule has 0 bridgehead atoms. The normalized spacial score (nSPS) is 9.94. The number of rotatable bonds is 3. The lowest BCUT2D eigenvalue weighted by Crippen LogP contribution is -2.07. The highest BCUT2D eigenvalue weighted by Gasteiger charge is 2.23. The van der Waals surface area contributed by atoms with Crippen molar-refractivity contribution in [2.24, 2.45) is 0 Å². The summed E-state index contributed by atoms with van der Waals surface area (Å²) in [6, 6.07) is 2.27. The molecule has 84 valence electrons. The number of aromatic carboxylic acids is 1. The molecule has 5 nitrogen and oxygen atoms in total. The van der Waals surface area contributed by atoms with Crippen molar-refractivity contribution in [3.63, 3.8) is 0 Å². The number of nitriles is 1. The van der Waals surface area contributed by atoms with Gasteiger partial charge in [0.25, 0.3) is 6.43 Å². The van der Waals surface area contributed by atoms with Crippen LogP contribution in [0.3, 0.4) is 0 Å². The Morgan fingerprint density at radius 1 is 1.69 bits per heavy atom. The summed E-state index contributed by atoms with van der Waals surface area (Å²) in [4.78, 5) is 14.0. The van der Waals surface area contributed by atoms with Crippen LogP contribution in [0.4, 0.5) is 8.78 Å². The Bertz CT molecular complexity index is 469. The molecule has 7 heteroatoms. The monoisotopic (exact) mass is 228 g/mol. The topological polar surface area (TPSA) is 83.2 Å². The van der Waals surface area contributed by atoms with Crippen LogP contribution in [-0.2, 0) is 0 Å². The van der Waals surface area contributed by atoms with E-state index < -0.39 is 35.1 Å². The first kappa shape index (κ1) is 11.8. The van der Waals surface area contributed by atoms with E-state index in [-0.39, 0.29) is 0 Å². The number of carboxylic acids is 1. The summed E-state index contributed by atoms with van der Waals surface area (Å²) in [5.41, 5.74) is -1.67. The molecule has 16 heavy (non-hydrogen) atoms. The lowest BCUT2D eigenvalue weighted by molar-refractivity contribution is 0.0688. The van der Waals surface area contributed by atoms with Crippen LogP contribution in [0.15, 0.2) is 6.07 Å². The van der Waals surface area contributed by atoms with Crippen LogP contribution in [0, 0.1) is 11.3 Å². The highest BCUT2D eigenvalue weighted by molar-refractivity contribution is 5.86. The molecule has 1 heterocycles. The van der Waals surface area contributed by atoms with Gasteiger partial charge in [-0.25, -0.2) is 18.6 Å². The van der Waals surface area contributed by atoms with Crippen LogP contribution in [0.5, 0.6) is 5.88 Å². The summed E-state index contributed by atoms with van der Waals surface area (Å²) in [5.74, 6) is -1.97. The Labute approximate surface area is 88.9 Å². The summed E-state index contributed by atoms with van der Waals surface area (Å²) < 4.78 is 29.7. The first-order valence-electron chi connectivity index (χ1n) is 4.01. The minimum absolute atomic E-state index is 0.459. The average Bonchev–Trinajstić information content (AvgIpc) is 2.26. The summed E-state index contributed by atoms with van der Waals surface area (Å²) in [7, 11) is 1.07. The fraction of sp³-hybridized carbons (Fsp3) is 0.222. The van der Waals surface area contributed by atoms with E-state index in [4.69, 9.17) is 10.4 Å². The molecule has 0 saturated carbocycles. The van der Waals surface area contributed by atoms with Crippen LogP contribution < -0.4 is 4.74 Å². The largest absolute Gasteiger partial charge is 0.481 e. The van der Waals surface area contributed by atoms with Crippen molar-refractivity contribution in [3.8, 4) is 11.9 Å². The molecular weight excluding hydrogens is 222 g/mol. The molecule has 1 N–H and O–H groups in total. The smallest absolute Gasteiger partial charge is 0.354 e. The molecule has 0 fully saturated rings. The van der Waals surface area contributed by atoms with Crippen molar-refractivity contribution < 1.29 is 23.4 Å². The molecule has 1 rings (SSSR count). The van der Waals surface area contributed by atoms with Crippen LogP contribution in [0.25, 0.3) is 0 Å². The summed E-state index contributed by atoms with van der Waals surface area (Å²) in [6.45, 7) is 0. The van der Waals surface area contributed by atoms with Gasteiger partial charge in [0.1, 0.15) is 0 Å². The predicted octanol–water partition coefficient (Wildman–Crippen LogP) is 1.60. The molecule has 0 aliphatic carbocycles. The second-order valence-electron chi connectivity index (χ2n) is 2.70. The van der Waals surface area contributed by atoms with Gasteiger partial charge < -0.3 is 9.84 Å². The van der Waals surface area contributed by atoms with E-state index in [0.29, 0.717) is 0 Å². The Balaban J connectivity index is 3.51. The number of methoxy groups -OCH3 is 1. The fourth-order valence-corrected chi connectivity index (χ4v) is 1.10. The van der Waals surface area contributed by atoms with E-state index in [1.165, 1.54) is 6.07 Å². The predicted molar refractivity (Wildman–Crippen MR) is 47.4 cm³/mol. The molecule has 0 unspecified atom stereocenters. The van der Waals surface area contributed by atoms with Crippen molar-refractivity contribution >= 4 is 5.97 Å².